The molecule has 0 saturated carbocycles. The summed E-state index contributed by atoms with van der Waals surface area (Å²) in [6, 6.07) is 27.1. The zero-order valence-corrected chi connectivity index (χ0v) is 23.3. The molecule has 42 heavy (non-hydrogen) atoms. The minimum absolute atomic E-state index is 0.0276. The van der Waals surface area contributed by atoms with Crippen LogP contribution in [-0.4, -0.2) is 35.8 Å². The molecule has 0 aliphatic carbocycles. The second-order valence-corrected chi connectivity index (χ2v) is 9.53. The number of carbonyl (C=O) groups is 2. The molecule has 0 saturated heterocycles. The highest BCUT2D eigenvalue weighted by Gasteiger charge is 2.13. The van der Waals surface area contributed by atoms with E-state index in [1.807, 2.05) is 66.9 Å². The Hall–Kier alpha value is -5.44. The molecule has 2 amide bonds. The van der Waals surface area contributed by atoms with E-state index in [4.69, 9.17) is 9.47 Å². The Morgan fingerprint density at radius 1 is 0.833 bits per heavy atom. The number of hydrazone groups is 1. The molecule has 0 radical (unpaired) electrons. The summed E-state index contributed by atoms with van der Waals surface area (Å²) in [5, 5.41) is 8.05. The predicted molar refractivity (Wildman–Crippen MR) is 164 cm³/mol. The van der Waals surface area contributed by atoms with Crippen molar-refractivity contribution in [2.75, 3.05) is 18.5 Å². The summed E-state index contributed by atoms with van der Waals surface area (Å²) in [6.07, 6.45) is 1.50. The lowest BCUT2D eigenvalue weighted by atomic mass is 10.1. The lowest BCUT2D eigenvalue weighted by Crippen LogP contribution is -2.25. The molecular weight excluding hydrogens is 532 g/mol. The molecule has 9 heteroatoms. The van der Waals surface area contributed by atoms with Crippen LogP contribution in [0.4, 0.5) is 5.69 Å². The summed E-state index contributed by atoms with van der Waals surface area (Å²) in [5.41, 5.74) is 6.18. The van der Waals surface area contributed by atoms with E-state index in [2.05, 4.69) is 15.8 Å². The van der Waals surface area contributed by atoms with Gasteiger partial charge < -0.3 is 19.4 Å². The first kappa shape index (κ1) is 28.1. The maximum absolute atomic E-state index is 12.9. The zero-order chi connectivity index (χ0) is 29.5. The van der Waals surface area contributed by atoms with Crippen LogP contribution in [0.5, 0.6) is 11.5 Å². The fourth-order valence-corrected chi connectivity index (χ4v) is 4.64. The first-order valence-electron chi connectivity index (χ1n) is 13.5. The van der Waals surface area contributed by atoms with Gasteiger partial charge in [0.1, 0.15) is 6.54 Å². The Kier molecular flexibility index (Phi) is 8.58. The number of para-hydroxylation sites is 3. The highest BCUT2D eigenvalue weighted by atomic mass is 16.5. The van der Waals surface area contributed by atoms with Gasteiger partial charge in [0.05, 0.1) is 23.9 Å². The highest BCUT2D eigenvalue weighted by Crippen LogP contribution is 2.28. The van der Waals surface area contributed by atoms with Crippen molar-refractivity contribution in [2.45, 2.75) is 20.4 Å². The lowest BCUT2D eigenvalue weighted by Gasteiger charge is -2.14. The van der Waals surface area contributed by atoms with Crippen LogP contribution in [-0.2, 0) is 16.1 Å². The van der Waals surface area contributed by atoms with Crippen molar-refractivity contribution >= 4 is 45.5 Å². The maximum Gasteiger partial charge on any atom is 0.262 e. The normalized spacial score (nSPS) is 11.1. The number of fused-ring (bicyclic) bond motifs is 2. The minimum Gasteiger partial charge on any atom is -0.490 e. The number of aromatic nitrogens is 1. The van der Waals surface area contributed by atoms with Crippen LogP contribution in [0.25, 0.3) is 21.8 Å². The van der Waals surface area contributed by atoms with Crippen LogP contribution in [0.3, 0.4) is 0 Å². The number of hydrogen-bond acceptors (Lipinski definition) is 6. The van der Waals surface area contributed by atoms with E-state index >= 15 is 0 Å². The number of aryl methyl sites for hydroxylation is 1. The second kappa shape index (κ2) is 12.8. The van der Waals surface area contributed by atoms with Crippen molar-refractivity contribution in [3.8, 4) is 11.5 Å². The molecule has 1 heterocycles. The minimum atomic E-state index is -0.352. The Balaban J connectivity index is 1.26. The molecule has 5 aromatic rings. The smallest absolute Gasteiger partial charge is 0.262 e. The topological polar surface area (TPSA) is 111 Å². The summed E-state index contributed by atoms with van der Waals surface area (Å²) in [7, 11) is 0. The number of hydrogen-bond donors (Lipinski definition) is 2. The third-order valence-corrected chi connectivity index (χ3v) is 6.63. The molecule has 9 nitrogen and oxygen atoms in total. The number of benzene rings is 4. The fourth-order valence-electron chi connectivity index (χ4n) is 4.64. The fraction of sp³-hybridized carbons (Fsp3) is 0.152. The van der Waals surface area contributed by atoms with Crippen LogP contribution in [0.1, 0.15) is 18.1 Å². The maximum atomic E-state index is 12.9. The van der Waals surface area contributed by atoms with E-state index < -0.39 is 0 Å². The van der Waals surface area contributed by atoms with E-state index in [0.717, 1.165) is 11.3 Å². The van der Waals surface area contributed by atoms with Crippen molar-refractivity contribution < 1.29 is 19.1 Å². The van der Waals surface area contributed by atoms with Gasteiger partial charge in [0.2, 0.25) is 0 Å². The molecule has 0 aliphatic heterocycles. The standard InChI is InChI=1S/C33H30N4O5/c1-3-41-30-18-23(16-17-29(30)42-21-32(39)35-26-13-7-4-10-22(26)2)19-34-36-31(38)20-37-27-14-8-5-11-24(27)33(40)25-12-6-9-15-28(25)37/h4-19H,3,20-21H2,1-2H3,(H,35,39)(H,36,38)/b34-19+. The van der Waals surface area contributed by atoms with Crippen LogP contribution >= 0.6 is 0 Å². The third kappa shape index (κ3) is 6.31. The van der Waals surface area contributed by atoms with Crippen molar-refractivity contribution in [3.63, 3.8) is 0 Å². The molecule has 0 fully saturated rings. The average molecular weight is 563 g/mol. The second-order valence-electron chi connectivity index (χ2n) is 9.53. The zero-order valence-electron chi connectivity index (χ0n) is 23.3. The van der Waals surface area contributed by atoms with Crippen LogP contribution in [0.15, 0.2) is 101 Å². The molecule has 4 aromatic carbocycles. The van der Waals surface area contributed by atoms with Gasteiger partial charge in [-0.25, -0.2) is 5.43 Å². The molecule has 1 aromatic heterocycles. The molecular formula is C33H30N4O5. The first-order chi connectivity index (χ1) is 20.4. The largest absolute Gasteiger partial charge is 0.490 e. The number of rotatable bonds is 10. The molecule has 212 valence electrons. The number of amides is 2. The Morgan fingerprint density at radius 2 is 1.50 bits per heavy atom. The van der Waals surface area contributed by atoms with E-state index in [9.17, 15) is 14.4 Å². The number of ether oxygens (including phenoxy) is 2. The molecule has 2 N–H and O–H groups in total. The summed E-state index contributed by atoms with van der Waals surface area (Å²) >= 11 is 0. The van der Waals surface area contributed by atoms with Crippen molar-refractivity contribution in [3.05, 3.63) is 112 Å². The molecule has 0 atom stereocenters. The molecule has 0 unspecified atom stereocenters. The first-order valence-corrected chi connectivity index (χ1v) is 13.5. The number of nitrogens with zero attached hydrogens (tertiary/aromatic N) is 2. The highest BCUT2D eigenvalue weighted by molar-refractivity contribution is 5.95. The molecule has 0 aliphatic rings. The summed E-state index contributed by atoms with van der Waals surface area (Å²) in [6.45, 7) is 3.94. The van der Waals surface area contributed by atoms with Gasteiger partial charge in [0.25, 0.3) is 11.8 Å². The number of pyridine rings is 1. The summed E-state index contributed by atoms with van der Waals surface area (Å²) < 4.78 is 13.3. The third-order valence-electron chi connectivity index (χ3n) is 6.63. The van der Waals surface area contributed by atoms with E-state index in [1.165, 1.54) is 6.21 Å². The van der Waals surface area contributed by atoms with Crippen LogP contribution in [0.2, 0.25) is 0 Å². The van der Waals surface area contributed by atoms with Gasteiger partial charge in [-0.3, -0.25) is 14.4 Å². The molecule has 0 spiro atoms. The van der Waals surface area contributed by atoms with Gasteiger partial charge in [0, 0.05) is 16.5 Å². The monoisotopic (exact) mass is 562 g/mol. The van der Waals surface area contributed by atoms with Crippen molar-refractivity contribution in [1.82, 2.24) is 9.99 Å². The van der Waals surface area contributed by atoms with E-state index in [-0.39, 0.29) is 30.4 Å². The SMILES string of the molecule is CCOc1cc(/C=N/NC(=O)Cn2c3ccccc3c(=O)c3ccccc32)ccc1OCC(=O)Nc1ccccc1C. The lowest BCUT2D eigenvalue weighted by molar-refractivity contribution is -0.121. The van der Waals surface area contributed by atoms with Gasteiger partial charge in [-0.05, 0) is 73.5 Å². The van der Waals surface area contributed by atoms with Gasteiger partial charge in [0.15, 0.2) is 23.5 Å². The van der Waals surface area contributed by atoms with Crippen LogP contribution < -0.4 is 25.6 Å². The van der Waals surface area contributed by atoms with Gasteiger partial charge in [-0.1, -0.05) is 42.5 Å². The van der Waals surface area contributed by atoms with Gasteiger partial charge in [-0.2, -0.15) is 5.10 Å². The number of anilines is 1. The summed E-state index contributed by atoms with van der Waals surface area (Å²) in [5.74, 6) is 0.218. The average Bonchev–Trinajstić information content (AvgIpc) is 3.00. The Bertz CT molecular complexity index is 1800. The van der Waals surface area contributed by atoms with Crippen LogP contribution in [0, 0.1) is 6.92 Å². The van der Waals surface area contributed by atoms with Crippen molar-refractivity contribution in [1.29, 1.82) is 0 Å². The predicted octanol–water partition coefficient (Wildman–Crippen LogP) is 5.03. The Labute approximate surface area is 242 Å². The number of nitrogens with one attached hydrogen (secondary N) is 2. The van der Waals surface area contributed by atoms with Gasteiger partial charge >= 0.3 is 0 Å². The van der Waals surface area contributed by atoms with Gasteiger partial charge in [-0.15, -0.1) is 0 Å². The number of carbonyl (C=O) groups excluding carboxylic acids is 2. The van der Waals surface area contributed by atoms with E-state index in [0.29, 0.717) is 45.5 Å². The van der Waals surface area contributed by atoms with Crippen molar-refractivity contribution in [2.24, 2.45) is 5.10 Å². The van der Waals surface area contributed by atoms with E-state index in [1.54, 1.807) is 42.5 Å². The molecule has 0 bridgehead atoms. The Morgan fingerprint density at radius 3 is 2.19 bits per heavy atom. The quantitative estimate of drug-likeness (QED) is 0.141. The molecule has 5 rings (SSSR count). The summed E-state index contributed by atoms with van der Waals surface area (Å²) in [4.78, 5) is 38.2.